The molecule has 7 heteroatoms. The minimum absolute atomic E-state index is 0.0996. The molecule has 18 heavy (non-hydrogen) atoms. The Bertz CT molecular complexity index is 435. The van der Waals surface area contributed by atoms with Gasteiger partial charge >= 0.3 is 0 Å². The van der Waals surface area contributed by atoms with E-state index in [1.54, 1.807) is 7.05 Å². The number of amides is 1. The third-order valence-corrected chi connectivity index (χ3v) is 5.40. The van der Waals surface area contributed by atoms with Crippen LogP contribution >= 0.6 is 23.1 Å². The van der Waals surface area contributed by atoms with Crippen molar-refractivity contribution in [1.29, 1.82) is 0 Å². The number of nitrogens with zero attached hydrogens (tertiary/aromatic N) is 1. The van der Waals surface area contributed by atoms with Gasteiger partial charge in [0.25, 0.3) is 5.91 Å². The number of carbonyl (C=O) groups is 1. The number of hydrogen-bond donors (Lipinski definition) is 3. The second-order valence-corrected chi connectivity index (χ2v) is 6.34. The molecule has 1 fully saturated rings. The quantitative estimate of drug-likeness (QED) is 0.786. The molecule has 1 aromatic rings. The van der Waals surface area contributed by atoms with Gasteiger partial charge in [0.2, 0.25) is 0 Å². The topological polar surface area (TPSA) is 80.0 Å². The first-order chi connectivity index (χ1) is 8.65. The maximum atomic E-state index is 12.2. The summed E-state index contributed by atoms with van der Waals surface area (Å²) in [6, 6.07) is 0.257. The molecule has 1 aliphatic rings. The van der Waals surface area contributed by atoms with Crippen molar-refractivity contribution in [2.45, 2.75) is 30.6 Å². The Kier molecular flexibility index (Phi) is 4.34. The van der Waals surface area contributed by atoms with Gasteiger partial charge in [-0.15, -0.1) is 0 Å². The Morgan fingerprint density at radius 2 is 2.33 bits per heavy atom. The summed E-state index contributed by atoms with van der Waals surface area (Å²) >= 11 is 3.11. The summed E-state index contributed by atoms with van der Waals surface area (Å²) in [6.45, 7) is 0. The Balaban J connectivity index is 2.05. The molecule has 5 nitrogen and oxygen atoms in total. The predicted molar refractivity (Wildman–Crippen MR) is 78.5 cm³/mol. The molecule has 0 saturated heterocycles. The molecular formula is C11H18N4OS2. The Labute approximate surface area is 115 Å². The number of hydrogen-bond acceptors (Lipinski definition) is 6. The molecule has 100 valence electrons. The highest BCUT2D eigenvalue weighted by molar-refractivity contribution is 7.99. The zero-order valence-corrected chi connectivity index (χ0v) is 12.2. The zero-order chi connectivity index (χ0) is 13.1. The second kappa shape index (κ2) is 5.79. The molecule has 0 bridgehead atoms. The number of carbonyl (C=O) groups excluding carboxylic acids is 1. The fourth-order valence-electron chi connectivity index (χ4n) is 2.21. The summed E-state index contributed by atoms with van der Waals surface area (Å²) in [6.07, 6.45) is 5.49. The molecule has 2 atom stereocenters. The third kappa shape index (κ3) is 2.72. The van der Waals surface area contributed by atoms with Crippen molar-refractivity contribution >= 4 is 40.0 Å². The minimum atomic E-state index is -0.0996. The van der Waals surface area contributed by atoms with Crippen molar-refractivity contribution in [1.82, 2.24) is 10.3 Å². The fraction of sp³-hybridized carbons (Fsp3) is 0.636. The lowest BCUT2D eigenvalue weighted by molar-refractivity contribution is 0.0943. The minimum Gasteiger partial charge on any atom is -0.382 e. The summed E-state index contributed by atoms with van der Waals surface area (Å²) < 4.78 is 0. The highest BCUT2D eigenvalue weighted by Gasteiger charge is 2.29. The van der Waals surface area contributed by atoms with Crippen LogP contribution in [0.25, 0.3) is 0 Å². The zero-order valence-electron chi connectivity index (χ0n) is 10.5. The number of rotatable bonds is 4. The van der Waals surface area contributed by atoms with E-state index in [-0.39, 0.29) is 11.9 Å². The van der Waals surface area contributed by atoms with Crippen LogP contribution in [-0.4, -0.2) is 35.5 Å². The molecule has 4 N–H and O–H groups in total. The molecule has 1 aliphatic carbocycles. The molecule has 1 amide bonds. The van der Waals surface area contributed by atoms with E-state index < -0.39 is 0 Å². The monoisotopic (exact) mass is 286 g/mol. The smallest absolute Gasteiger partial charge is 0.265 e. The van der Waals surface area contributed by atoms with Crippen molar-refractivity contribution in [3.8, 4) is 0 Å². The van der Waals surface area contributed by atoms with Crippen molar-refractivity contribution < 1.29 is 4.79 Å². The number of aromatic nitrogens is 1. The van der Waals surface area contributed by atoms with Crippen molar-refractivity contribution in [2.75, 3.05) is 24.4 Å². The van der Waals surface area contributed by atoms with E-state index in [4.69, 9.17) is 5.73 Å². The van der Waals surface area contributed by atoms with Crippen LogP contribution in [0.4, 0.5) is 10.9 Å². The summed E-state index contributed by atoms with van der Waals surface area (Å²) in [7, 11) is 1.76. The summed E-state index contributed by atoms with van der Waals surface area (Å²) in [5.41, 5.74) is 5.75. The second-order valence-electron chi connectivity index (χ2n) is 4.27. The normalized spacial score (nSPS) is 23.0. The lowest BCUT2D eigenvalue weighted by atomic mass is 10.2. The van der Waals surface area contributed by atoms with Crippen LogP contribution in [-0.2, 0) is 0 Å². The molecule has 0 radical (unpaired) electrons. The van der Waals surface area contributed by atoms with Gasteiger partial charge in [-0.05, 0) is 19.1 Å². The van der Waals surface area contributed by atoms with Gasteiger partial charge in [0.15, 0.2) is 5.13 Å². The summed E-state index contributed by atoms with van der Waals surface area (Å²) in [4.78, 5) is 16.7. The highest BCUT2D eigenvalue weighted by atomic mass is 32.2. The first-order valence-corrected chi connectivity index (χ1v) is 8.04. The molecular weight excluding hydrogens is 268 g/mol. The van der Waals surface area contributed by atoms with E-state index in [2.05, 4.69) is 21.9 Å². The van der Waals surface area contributed by atoms with Crippen LogP contribution in [0.2, 0.25) is 0 Å². The lowest BCUT2D eigenvalue weighted by Crippen LogP contribution is -2.38. The van der Waals surface area contributed by atoms with Gasteiger partial charge < -0.3 is 16.4 Å². The van der Waals surface area contributed by atoms with Gasteiger partial charge in [-0.3, -0.25) is 4.79 Å². The maximum Gasteiger partial charge on any atom is 0.265 e. The largest absolute Gasteiger partial charge is 0.382 e. The van der Waals surface area contributed by atoms with Crippen molar-refractivity contribution in [3.05, 3.63) is 4.88 Å². The number of nitrogens with one attached hydrogen (secondary N) is 2. The van der Waals surface area contributed by atoms with E-state index in [0.29, 0.717) is 21.1 Å². The van der Waals surface area contributed by atoms with Crippen LogP contribution in [0.15, 0.2) is 0 Å². The van der Waals surface area contributed by atoms with Crippen molar-refractivity contribution in [3.63, 3.8) is 0 Å². The van der Waals surface area contributed by atoms with E-state index >= 15 is 0 Å². The Hall–Kier alpha value is -0.950. The van der Waals surface area contributed by atoms with E-state index in [9.17, 15) is 4.79 Å². The predicted octanol–water partition coefficient (Wildman–Crippen LogP) is 1.78. The SMILES string of the molecule is CNc1nc(N)c(C(=O)NC2CCCC2SC)s1. The van der Waals surface area contributed by atoms with Crippen LogP contribution in [0.5, 0.6) is 0 Å². The molecule has 0 spiro atoms. The van der Waals surface area contributed by atoms with Gasteiger partial charge in [0.1, 0.15) is 10.7 Å². The number of anilines is 2. The molecule has 2 rings (SSSR count). The van der Waals surface area contributed by atoms with Gasteiger partial charge in [-0.1, -0.05) is 17.8 Å². The first-order valence-electron chi connectivity index (χ1n) is 5.93. The van der Waals surface area contributed by atoms with Gasteiger partial charge in [-0.2, -0.15) is 11.8 Å². The molecule has 0 aliphatic heterocycles. The molecule has 2 unspecified atom stereocenters. The van der Waals surface area contributed by atoms with E-state index in [1.807, 2.05) is 11.8 Å². The van der Waals surface area contributed by atoms with Crippen LogP contribution in [0, 0.1) is 0 Å². The number of nitrogens with two attached hydrogens (primary N) is 1. The van der Waals surface area contributed by atoms with Crippen molar-refractivity contribution in [2.24, 2.45) is 0 Å². The number of thiazole rings is 1. The molecule has 0 aromatic carbocycles. The van der Waals surface area contributed by atoms with Crippen LogP contribution in [0.3, 0.4) is 0 Å². The van der Waals surface area contributed by atoms with E-state index in [0.717, 1.165) is 6.42 Å². The molecule has 1 saturated carbocycles. The average Bonchev–Trinajstić information content (AvgIpc) is 2.95. The molecule has 1 aromatic heterocycles. The van der Waals surface area contributed by atoms with Gasteiger partial charge in [-0.25, -0.2) is 4.98 Å². The first kappa shape index (κ1) is 13.5. The average molecular weight is 286 g/mol. The lowest BCUT2D eigenvalue weighted by Gasteiger charge is -2.18. The van der Waals surface area contributed by atoms with Crippen LogP contribution < -0.4 is 16.4 Å². The fourth-order valence-corrected chi connectivity index (χ4v) is 3.89. The number of thioether (sulfide) groups is 1. The van der Waals surface area contributed by atoms with E-state index in [1.165, 1.54) is 24.2 Å². The highest BCUT2D eigenvalue weighted by Crippen LogP contribution is 2.30. The van der Waals surface area contributed by atoms with Gasteiger partial charge in [0.05, 0.1) is 0 Å². The van der Waals surface area contributed by atoms with Crippen LogP contribution in [0.1, 0.15) is 28.9 Å². The maximum absolute atomic E-state index is 12.2. The third-order valence-electron chi connectivity index (χ3n) is 3.15. The standard InChI is InChI=1S/C11H18N4OS2/c1-13-11-15-9(12)8(18-11)10(16)14-6-4-3-5-7(6)17-2/h6-7H,3-5,12H2,1-2H3,(H,13,15)(H,14,16). The summed E-state index contributed by atoms with van der Waals surface area (Å²) in [5, 5.41) is 7.17. The molecule has 1 heterocycles. The van der Waals surface area contributed by atoms with Gasteiger partial charge in [0, 0.05) is 18.3 Å². The Morgan fingerprint density at radius 1 is 1.56 bits per heavy atom. The Morgan fingerprint density at radius 3 is 2.94 bits per heavy atom. The number of nitrogen functional groups attached to an aromatic ring is 1. The summed E-state index contributed by atoms with van der Waals surface area (Å²) in [5.74, 6) is 0.206.